The Morgan fingerprint density at radius 3 is 2.09 bits per heavy atom. The van der Waals surface area contributed by atoms with Crippen molar-refractivity contribution in [1.82, 2.24) is 9.29 Å². The number of esters is 1. The number of benzene rings is 2. The third-order valence-electron chi connectivity index (χ3n) is 6.24. The number of ether oxygens (including phenoxy) is 1. The van der Waals surface area contributed by atoms with Crippen LogP contribution >= 0.6 is 0 Å². The minimum Gasteiger partial charge on any atom is -0.461 e. The zero-order valence-corrected chi connectivity index (χ0v) is 22.5. The van der Waals surface area contributed by atoms with Gasteiger partial charge in [0, 0.05) is 18.8 Å². The van der Waals surface area contributed by atoms with Gasteiger partial charge >= 0.3 is 5.97 Å². The van der Waals surface area contributed by atoms with Crippen LogP contribution in [0.3, 0.4) is 0 Å². The van der Waals surface area contributed by atoms with Crippen molar-refractivity contribution in [3.8, 4) is 0 Å². The first-order valence-corrected chi connectivity index (χ1v) is 13.3. The van der Waals surface area contributed by atoms with Crippen molar-refractivity contribution in [3.63, 3.8) is 0 Å². The molecule has 0 atom stereocenters. The summed E-state index contributed by atoms with van der Waals surface area (Å²) in [5, 5.41) is 0. The molecule has 1 aromatic heterocycles. The molecule has 0 saturated carbocycles. The van der Waals surface area contributed by atoms with Crippen LogP contribution in [0.2, 0.25) is 0 Å². The van der Waals surface area contributed by atoms with E-state index in [9.17, 15) is 13.2 Å². The first-order chi connectivity index (χ1) is 16.3. The van der Waals surface area contributed by atoms with Crippen molar-refractivity contribution in [2.24, 2.45) is 0 Å². The highest BCUT2D eigenvalue weighted by Gasteiger charge is 2.28. The molecule has 0 fully saturated rings. The molecule has 0 aliphatic heterocycles. The maximum atomic E-state index is 13.9. The number of carbonyl (C=O) groups is 1. The van der Waals surface area contributed by atoms with Crippen LogP contribution in [-0.2, 0) is 33.3 Å². The number of H-pyrrole nitrogens is 1. The van der Waals surface area contributed by atoms with Gasteiger partial charge in [0.05, 0.1) is 11.5 Å². The summed E-state index contributed by atoms with van der Waals surface area (Å²) < 4.78 is 34.4. The number of nitrogens with one attached hydrogen (secondary N) is 1. The lowest BCUT2D eigenvalue weighted by atomic mass is 9.87. The molecule has 35 heavy (non-hydrogen) atoms. The molecule has 7 heteroatoms. The van der Waals surface area contributed by atoms with Crippen LogP contribution in [0, 0.1) is 20.8 Å². The SMILES string of the molecule is CCOC(=O)c1[nH]c(C)c(CN(Cc2ccc(C)cc2)S(=O)(=O)c2ccc(C(C)(C)C)cc2)c1C. The second kappa shape index (κ2) is 10.4. The van der Waals surface area contributed by atoms with Gasteiger partial charge in [-0.2, -0.15) is 4.31 Å². The molecule has 3 aromatic rings. The van der Waals surface area contributed by atoms with Crippen molar-refractivity contribution in [2.75, 3.05) is 6.61 Å². The monoisotopic (exact) mass is 496 g/mol. The van der Waals surface area contributed by atoms with Crippen molar-refractivity contribution in [3.05, 3.63) is 87.7 Å². The number of carbonyl (C=O) groups excluding carboxylic acids is 1. The van der Waals surface area contributed by atoms with Crippen molar-refractivity contribution in [1.29, 1.82) is 0 Å². The number of aryl methyl sites for hydroxylation is 2. The second-order valence-corrected chi connectivity index (χ2v) is 11.9. The van der Waals surface area contributed by atoms with Gasteiger partial charge in [-0.05, 0) is 67.5 Å². The number of aromatic nitrogens is 1. The van der Waals surface area contributed by atoms with E-state index < -0.39 is 16.0 Å². The number of rotatable bonds is 8. The number of sulfonamides is 1. The molecular weight excluding hydrogens is 460 g/mol. The first-order valence-electron chi connectivity index (χ1n) is 11.9. The molecule has 188 valence electrons. The van der Waals surface area contributed by atoms with Gasteiger partial charge in [0.25, 0.3) is 0 Å². The van der Waals surface area contributed by atoms with Gasteiger partial charge in [-0.15, -0.1) is 0 Å². The molecule has 0 bridgehead atoms. The number of hydrogen-bond acceptors (Lipinski definition) is 4. The lowest BCUT2D eigenvalue weighted by molar-refractivity contribution is 0.0519. The maximum Gasteiger partial charge on any atom is 0.355 e. The van der Waals surface area contributed by atoms with E-state index in [1.165, 1.54) is 4.31 Å². The number of aromatic amines is 1. The van der Waals surface area contributed by atoms with Gasteiger partial charge in [0.1, 0.15) is 5.69 Å². The van der Waals surface area contributed by atoms with E-state index in [1.54, 1.807) is 19.1 Å². The van der Waals surface area contributed by atoms with Gasteiger partial charge in [0.15, 0.2) is 0 Å². The van der Waals surface area contributed by atoms with Crippen LogP contribution in [0.5, 0.6) is 0 Å². The minimum absolute atomic E-state index is 0.0767. The molecule has 0 radical (unpaired) electrons. The maximum absolute atomic E-state index is 13.9. The Kier molecular flexibility index (Phi) is 7.92. The topological polar surface area (TPSA) is 79.5 Å². The molecule has 3 rings (SSSR count). The van der Waals surface area contributed by atoms with Gasteiger partial charge in [-0.25, -0.2) is 13.2 Å². The zero-order valence-electron chi connectivity index (χ0n) is 21.7. The summed E-state index contributed by atoms with van der Waals surface area (Å²) in [5.41, 5.74) is 5.58. The van der Waals surface area contributed by atoms with Crippen LogP contribution in [0.4, 0.5) is 0 Å². The predicted molar refractivity (Wildman–Crippen MR) is 139 cm³/mol. The van der Waals surface area contributed by atoms with E-state index in [0.717, 1.165) is 27.9 Å². The van der Waals surface area contributed by atoms with E-state index >= 15 is 0 Å². The Hall–Kier alpha value is -2.90. The normalized spacial score (nSPS) is 12.2. The number of nitrogens with zero attached hydrogens (tertiary/aromatic N) is 1. The molecule has 1 heterocycles. The predicted octanol–water partition coefficient (Wildman–Crippen LogP) is 5.81. The quantitative estimate of drug-likeness (QED) is 0.400. The van der Waals surface area contributed by atoms with E-state index in [2.05, 4.69) is 25.8 Å². The molecule has 0 unspecified atom stereocenters. The molecule has 1 N–H and O–H groups in total. The van der Waals surface area contributed by atoms with Crippen molar-refractivity contribution < 1.29 is 17.9 Å². The lowest BCUT2D eigenvalue weighted by Gasteiger charge is -2.24. The van der Waals surface area contributed by atoms with E-state index in [-0.39, 0.29) is 30.0 Å². The first kappa shape index (κ1) is 26.7. The summed E-state index contributed by atoms with van der Waals surface area (Å²) in [6.45, 7) is 14.3. The fraction of sp³-hybridized carbons (Fsp3) is 0.393. The zero-order chi connectivity index (χ0) is 26.0. The summed E-state index contributed by atoms with van der Waals surface area (Å²) in [7, 11) is -3.82. The van der Waals surface area contributed by atoms with Crippen LogP contribution in [0.25, 0.3) is 0 Å². The second-order valence-electron chi connectivity index (χ2n) is 9.98. The molecule has 0 saturated heterocycles. The van der Waals surface area contributed by atoms with E-state index in [1.807, 2.05) is 57.2 Å². The lowest BCUT2D eigenvalue weighted by Crippen LogP contribution is -2.31. The third-order valence-corrected chi connectivity index (χ3v) is 8.05. The average molecular weight is 497 g/mol. The molecule has 0 spiro atoms. The summed E-state index contributed by atoms with van der Waals surface area (Å²) in [5.74, 6) is -0.440. The smallest absolute Gasteiger partial charge is 0.355 e. The van der Waals surface area contributed by atoms with E-state index in [0.29, 0.717) is 11.3 Å². The average Bonchev–Trinajstić information content (AvgIpc) is 3.08. The van der Waals surface area contributed by atoms with Gasteiger partial charge in [0.2, 0.25) is 10.0 Å². The highest BCUT2D eigenvalue weighted by Crippen LogP contribution is 2.28. The fourth-order valence-corrected chi connectivity index (χ4v) is 5.40. The largest absolute Gasteiger partial charge is 0.461 e. The molecule has 0 aliphatic rings. The Morgan fingerprint density at radius 1 is 0.943 bits per heavy atom. The van der Waals surface area contributed by atoms with Crippen molar-refractivity contribution >= 4 is 16.0 Å². The van der Waals surface area contributed by atoms with Crippen LogP contribution in [-0.4, -0.2) is 30.3 Å². The Morgan fingerprint density at radius 2 is 1.54 bits per heavy atom. The fourth-order valence-electron chi connectivity index (χ4n) is 4.01. The molecule has 2 aromatic carbocycles. The number of hydrogen-bond donors (Lipinski definition) is 1. The minimum atomic E-state index is -3.82. The highest BCUT2D eigenvalue weighted by molar-refractivity contribution is 7.89. The van der Waals surface area contributed by atoms with Crippen LogP contribution < -0.4 is 0 Å². The Labute approximate surface area is 209 Å². The van der Waals surface area contributed by atoms with Crippen LogP contribution in [0.1, 0.15) is 71.7 Å². The summed E-state index contributed by atoms with van der Waals surface area (Å²) in [6, 6.07) is 15.0. The standard InChI is InChI=1S/C28H36N2O4S/c1-8-34-27(31)26-20(3)25(21(4)29-26)18-30(17-22-11-9-19(2)10-12-22)35(32,33)24-15-13-23(14-16-24)28(5,6)7/h9-16,29H,8,17-18H2,1-7H3. The Bertz CT molecular complexity index is 1280. The molecule has 0 aliphatic carbocycles. The van der Waals surface area contributed by atoms with Gasteiger partial charge in [-0.1, -0.05) is 62.7 Å². The van der Waals surface area contributed by atoms with E-state index in [4.69, 9.17) is 4.74 Å². The summed E-state index contributed by atoms with van der Waals surface area (Å²) in [4.78, 5) is 15.7. The summed E-state index contributed by atoms with van der Waals surface area (Å²) in [6.07, 6.45) is 0. The van der Waals surface area contributed by atoms with Gasteiger partial charge < -0.3 is 9.72 Å². The molecule has 0 amide bonds. The molecular formula is C28H36N2O4S. The van der Waals surface area contributed by atoms with Crippen molar-refractivity contribution in [2.45, 2.75) is 71.9 Å². The van der Waals surface area contributed by atoms with Crippen LogP contribution in [0.15, 0.2) is 53.4 Å². The summed E-state index contributed by atoms with van der Waals surface area (Å²) >= 11 is 0. The highest BCUT2D eigenvalue weighted by atomic mass is 32.2. The third kappa shape index (κ3) is 6.03. The van der Waals surface area contributed by atoms with Gasteiger partial charge in [-0.3, -0.25) is 0 Å². The Balaban J connectivity index is 2.03. The molecule has 6 nitrogen and oxygen atoms in total.